The van der Waals surface area contributed by atoms with E-state index in [0.717, 1.165) is 19.4 Å². The predicted molar refractivity (Wildman–Crippen MR) is 81.7 cm³/mol. The van der Waals surface area contributed by atoms with Gasteiger partial charge in [-0.2, -0.15) is 0 Å². The highest BCUT2D eigenvalue weighted by Crippen LogP contribution is 2.22. The molecule has 4 unspecified atom stereocenters. The summed E-state index contributed by atoms with van der Waals surface area (Å²) in [6.07, 6.45) is 7.03. The Bertz CT molecular complexity index is 250. The van der Waals surface area contributed by atoms with Gasteiger partial charge in [0.15, 0.2) is 0 Å². The fourth-order valence-corrected chi connectivity index (χ4v) is 3.18. The topological polar surface area (TPSA) is 63.9 Å². The van der Waals surface area contributed by atoms with Crippen LogP contribution in [0.15, 0.2) is 0 Å². The second-order valence-electron chi connectivity index (χ2n) is 6.14. The van der Waals surface area contributed by atoms with Crippen molar-refractivity contribution < 1.29 is 15.3 Å². The van der Waals surface area contributed by atoms with Gasteiger partial charge in [0, 0.05) is 12.6 Å². The predicted octanol–water partition coefficient (Wildman–Crippen LogP) is 1.91. The fraction of sp³-hybridized carbons (Fsp3) is 1.00. The molecule has 0 aromatic carbocycles. The van der Waals surface area contributed by atoms with E-state index in [1.807, 2.05) is 6.92 Å². The summed E-state index contributed by atoms with van der Waals surface area (Å²) >= 11 is 0. The molecule has 0 radical (unpaired) electrons. The molecule has 0 bridgehead atoms. The van der Waals surface area contributed by atoms with E-state index in [1.54, 1.807) is 0 Å². The molecule has 0 amide bonds. The average Bonchev–Trinajstić information content (AvgIpc) is 2.44. The van der Waals surface area contributed by atoms with Crippen molar-refractivity contribution in [1.82, 2.24) is 4.90 Å². The zero-order chi connectivity index (χ0) is 15.0. The summed E-state index contributed by atoms with van der Waals surface area (Å²) in [7, 11) is 0. The highest BCUT2D eigenvalue weighted by Gasteiger charge is 2.39. The van der Waals surface area contributed by atoms with Crippen molar-refractivity contribution in [1.29, 1.82) is 0 Å². The van der Waals surface area contributed by atoms with E-state index in [2.05, 4.69) is 11.8 Å². The molecule has 0 aromatic rings. The molecule has 0 aromatic heterocycles. The first-order chi connectivity index (χ1) is 9.61. The molecule has 120 valence electrons. The Balaban J connectivity index is 2.24. The Morgan fingerprint density at radius 1 is 0.850 bits per heavy atom. The number of hydrogen-bond acceptors (Lipinski definition) is 4. The standard InChI is InChI=1S/C16H33NO3/c1-3-5-6-7-8-9-10-11-17-12-14(18)16(20)15(19)13(17)4-2/h13-16,18-20H,3-12H2,1-2H3. The maximum Gasteiger partial charge on any atom is 0.108 e. The number of aliphatic hydroxyl groups is 3. The molecule has 1 saturated heterocycles. The first-order valence-corrected chi connectivity index (χ1v) is 8.40. The van der Waals surface area contributed by atoms with Gasteiger partial charge >= 0.3 is 0 Å². The van der Waals surface area contributed by atoms with E-state index in [9.17, 15) is 15.3 Å². The molecule has 3 N–H and O–H groups in total. The SMILES string of the molecule is CCCCCCCCCN1CC(O)C(O)C(O)C1CC. The number of likely N-dealkylation sites (tertiary alicyclic amines) is 1. The van der Waals surface area contributed by atoms with Gasteiger partial charge in [0.25, 0.3) is 0 Å². The lowest BCUT2D eigenvalue weighted by atomic mass is 9.92. The Kier molecular flexibility index (Phi) is 8.69. The maximum absolute atomic E-state index is 10.0. The van der Waals surface area contributed by atoms with E-state index < -0.39 is 18.3 Å². The number of aliphatic hydroxyl groups excluding tert-OH is 3. The van der Waals surface area contributed by atoms with E-state index in [4.69, 9.17) is 0 Å². The van der Waals surface area contributed by atoms with Gasteiger partial charge in [0.1, 0.15) is 6.10 Å². The van der Waals surface area contributed by atoms with Gasteiger partial charge in [0.05, 0.1) is 12.2 Å². The van der Waals surface area contributed by atoms with Crippen molar-refractivity contribution in [3.05, 3.63) is 0 Å². The van der Waals surface area contributed by atoms with Crippen LogP contribution >= 0.6 is 0 Å². The third kappa shape index (κ3) is 5.32. The van der Waals surface area contributed by atoms with Gasteiger partial charge in [-0.25, -0.2) is 0 Å². The van der Waals surface area contributed by atoms with Crippen LogP contribution in [0.4, 0.5) is 0 Å². The fourth-order valence-electron chi connectivity index (χ4n) is 3.18. The van der Waals surface area contributed by atoms with Crippen LogP contribution in [0.1, 0.15) is 65.2 Å². The molecule has 0 saturated carbocycles. The quantitative estimate of drug-likeness (QED) is 0.567. The summed E-state index contributed by atoms with van der Waals surface area (Å²) in [6, 6.07) is -0.0199. The van der Waals surface area contributed by atoms with Gasteiger partial charge in [-0.3, -0.25) is 4.90 Å². The van der Waals surface area contributed by atoms with Gasteiger partial charge in [0.2, 0.25) is 0 Å². The van der Waals surface area contributed by atoms with Crippen LogP contribution < -0.4 is 0 Å². The lowest BCUT2D eigenvalue weighted by Crippen LogP contribution is -2.61. The lowest BCUT2D eigenvalue weighted by Gasteiger charge is -2.43. The van der Waals surface area contributed by atoms with Crippen LogP contribution in [-0.2, 0) is 0 Å². The van der Waals surface area contributed by atoms with E-state index in [0.29, 0.717) is 6.54 Å². The zero-order valence-electron chi connectivity index (χ0n) is 13.2. The highest BCUT2D eigenvalue weighted by molar-refractivity contribution is 4.93. The van der Waals surface area contributed by atoms with Crippen molar-refractivity contribution in [2.24, 2.45) is 0 Å². The molecule has 0 spiro atoms. The Hall–Kier alpha value is -0.160. The van der Waals surface area contributed by atoms with Crippen molar-refractivity contribution in [3.63, 3.8) is 0 Å². The van der Waals surface area contributed by atoms with Gasteiger partial charge in [-0.1, -0.05) is 52.4 Å². The van der Waals surface area contributed by atoms with Crippen LogP contribution in [0.25, 0.3) is 0 Å². The van der Waals surface area contributed by atoms with E-state index in [-0.39, 0.29) is 6.04 Å². The van der Waals surface area contributed by atoms with Crippen molar-refractivity contribution >= 4 is 0 Å². The van der Waals surface area contributed by atoms with Gasteiger partial charge in [-0.05, 0) is 19.4 Å². The molecular weight excluding hydrogens is 254 g/mol. The minimum Gasteiger partial charge on any atom is -0.389 e. The smallest absolute Gasteiger partial charge is 0.108 e. The number of unbranched alkanes of at least 4 members (excludes halogenated alkanes) is 6. The summed E-state index contributed by atoms with van der Waals surface area (Å²) in [5, 5.41) is 29.5. The number of β-amino-alcohol motifs (C(OH)–C–C–N with tert-alkyl or cyclic N) is 1. The van der Waals surface area contributed by atoms with Crippen molar-refractivity contribution in [3.8, 4) is 0 Å². The molecule has 4 nitrogen and oxygen atoms in total. The van der Waals surface area contributed by atoms with E-state index in [1.165, 1.54) is 38.5 Å². The Morgan fingerprint density at radius 3 is 2.05 bits per heavy atom. The molecular formula is C16H33NO3. The summed E-state index contributed by atoms with van der Waals surface area (Å²) < 4.78 is 0. The minimum absolute atomic E-state index is 0.0199. The van der Waals surface area contributed by atoms with Gasteiger partial charge in [-0.15, -0.1) is 0 Å². The van der Waals surface area contributed by atoms with Gasteiger partial charge < -0.3 is 15.3 Å². The largest absolute Gasteiger partial charge is 0.389 e. The van der Waals surface area contributed by atoms with Crippen LogP contribution in [0.2, 0.25) is 0 Å². The molecule has 4 atom stereocenters. The number of hydrogen-bond donors (Lipinski definition) is 3. The van der Waals surface area contributed by atoms with Crippen LogP contribution in [0.3, 0.4) is 0 Å². The average molecular weight is 287 g/mol. The van der Waals surface area contributed by atoms with E-state index >= 15 is 0 Å². The summed E-state index contributed by atoms with van der Waals surface area (Å²) in [5.74, 6) is 0. The highest BCUT2D eigenvalue weighted by atomic mass is 16.4. The minimum atomic E-state index is -0.995. The second-order valence-corrected chi connectivity index (χ2v) is 6.14. The van der Waals surface area contributed by atoms with Crippen LogP contribution in [-0.4, -0.2) is 57.7 Å². The van der Waals surface area contributed by atoms with Crippen LogP contribution in [0, 0.1) is 0 Å². The normalized spacial score (nSPS) is 31.6. The second kappa shape index (κ2) is 9.72. The Morgan fingerprint density at radius 2 is 1.45 bits per heavy atom. The summed E-state index contributed by atoms with van der Waals surface area (Å²) in [6.45, 7) is 5.64. The summed E-state index contributed by atoms with van der Waals surface area (Å²) in [5.41, 5.74) is 0. The van der Waals surface area contributed by atoms with Crippen LogP contribution in [0.5, 0.6) is 0 Å². The molecule has 20 heavy (non-hydrogen) atoms. The molecule has 1 aliphatic heterocycles. The monoisotopic (exact) mass is 287 g/mol. The molecule has 4 heteroatoms. The van der Waals surface area contributed by atoms with Crippen molar-refractivity contribution in [2.75, 3.05) is 13.1 Å². The lowest BCUT2D eigenvalue weighted by molar-refractivity contribution is -0.137. The van der Waals surface area contributed by atoms with Crippen molar-refractivity contribution in [2.45, 2.75) is 89.6 Å². The molecule has 1 fully saturated rings. The number of nitrogens with zero attached hydrogens (tertiary/aromatic N) is 1. The first kappa shape index (κ1) is 17.9. The molecule has 1 heterocycles. The molecule has 0 aliphatic carbocycles. The summed E-state index contributed by atoms with van der Waals surface area (Å²) in [4.78, 5) is 2.15. The third-order valence-electron chi connectivity index (χ3n) is 4.50. The third-order valence-corrected chi connectivity index (χ3v) is 4.50. The number of piperidine rings is 1. The molecule has 1 aliphatic rings. The zero-order valence-corrected chi connectivity index (χ0v) is 13.2. The Labute approximate surface area is 123 Å². The molecule has 1 rings (SSSR count). The number of rotatable bonds is 9. The maximum atomic E-state index is 10.0. The first-order valence-electron chi connectivity index (χ1n) is 8.40.